The minimum atomic E-state index is -3.32. The van der Waals surface area contributed by atoms with E-state index in [4.69, 9.17) is 4.74 Å². The summed E-state index contributed by atoms with van der Waals surface area (Å²) in [6, 6.07) is 6.94. The van der Waals surface area contributed by atoms with Gasteiger partial charge in [0.15, 0.2) is 9.84 Å². The van der Waals surface area contributed by atoms with Crippen LogP contribution in [0.5, 0.6) is 0 Å². The molecule has 0 aromatic heterocycles. The van der Waals surface area contributed by atoms with Crippen molar-refractivity contribution < 1.29 is 13.2 Å². The highest BCUT2D eigenvalue weighted by molar-refractivity contribution is 9.10. The van der Waals surface area contributed by atoms with Gasteiger partial charge < -0.3 is 10.1 Å². The van der Waals surface area contributed by atoms with Gasteiger partial charge in [-0.05, 0) is 47.4 Å². The molecule has 1 aliphatic rings. The number of hydrogen-bond acceptors (Lipinski definition) is 4. The fourth-order valence-corrected chi connectivity index (χ4v) is 5.30. The summed E-state index contributed by atoms with van der Waals surface area (Å²) in [5, 5.41) is 3.38. The van der Waals surface area contributed by atoms with Crippen LogP contribution in [-0.4, -0.2) is 40.0 Å². The molecule has 1 N–H and O–H groups in total. The molecule has 1 fully saturated rings. The van der Waals surface area contributed by atoms with Gasteiger partial charge in [0, 0.05) is 23.0 Å². The van der Waals surface area contributed by atoms with Crippen molar-refractivity contribution in [2.45, 2.75) is 30.7 Å². The van der Waals surface area contributed by atoms with Crippen LogP contribution >= 0.6 is 15.9 Å². The Morgan fingerprint density at radius 2 is 2.19 bits per heavy atom. The van der Waals surface area contributed by atoms with Gasteiger partial charge >= 0.3 is 0 Å². The Bertz CT molecular complexity index is 556. The van der Waals surface area contributed by atoms with Gasteiger partial charge in [-0.15, -0.1) is 0 Å². The van der Waals surface area contributed by atoms with Crippen molar-refractivity contribution in [1.29, 1.82) is 0 Å². The minimum absolute atomic E-state index is 0.0513. The average molecular weight is 376 g/mol. The second-order valence-electron chi connectivity index (χ2n) is 5.40. The Morgan fingerprint density at radius 3 is 2.81 bits per heavy atom. The van der Waals surface area contributed by atoms with Crippen LogP contribution in [0.2, 0.25) is 0 Å². The van der Waals surface area contributed by atoms with Crippen molar-refractivity contribution >= 4 is 25.8 Å². The fourth-order valence-electron chi connectivity index (χ4n) is 2.58. The van der Waals surface area contributed by atoms with Crippen LogP contribution in [0.25, 0.3) is 0 Å². The molecular weight excluding hydrogens is 354 g/mol. The molecule has 6 heteroatoms. The van der Waals surface area contributed by atoms with Crippen LogP contribution in [0.1, 0.15) is 19.8 Å². The van der Waals surface area contributed by atoms with Crippen molar-refractivity contribution in [3.8, 4) is 0 Å². The van der Waals surface area contributed by atoms with Crippen LogP contribution in [0.3, 0.4) is 0 Å². The number of nitrogens with one attached hydrogen (secondary N) is 1. The molecule has 0 bridgehead atoms. The van der Waals surface area contributed by atoms with E-state index in [9.17, 15) is 8.42 Å². The Hall–Kier alpha value is -0.430. The highest BCUT2D eigenvalue weighted by Gasteiger charge is 2.30. The number of halogens is 1. The van der Waals surface area contributed by atoms with Gasteiger partial charge in [0.25, 0.3) is 0 Å². The maximum atomic E-state index is 12.7. The summed E-state index contributed by atoms with van der Waals surface area (Å²) < 4.78 is 31.4. The minimum Gasteiger partial charge on any atom is -0.381 e. The Morgan fingerprint density at radius 1 is 1.43 bits per heavy atom. The molecule has 0 spiro atoms. The van der Waals surface area contributed by atoms with Gasteiger partial charge in [-0.1, -0.05) is 19.1 Å². The maximum absolute atomic E-state index is 12.7. The Balaban J connectivity index is 2.16. The molecule has 118 valence electrons. The van der Waals surface area contributed by atoms with Crippen molar-refractivity contribution in [2.24, 2.45) is 5.92 Å². The average Bonchev–Trinajstić information content (AvgIpc) is 2.97. The predicted molar refractivity (Wildman–Crippen MR) is 87.2 cm³/mol. The third-order valence-corrected chi connectivity index (χ3v) is 6.54. The van der Waals surface area contributed by atoms with Crippen LogP contribution in [-0.2, 0) is 14.6 Å². The summed E-state index contributed by atoms with van der Waals surface area (Å²) in [6.07, 6.45) is 1.91. The van der Waals surface area contributed by atoms with Crippen LogP contribution < -0.4 is 5.32 Å². The summed E-state index contributed by atoms with van der Waals surface area (Å²) >= 11 is 3.33. The maximum Gasteiger partial charge on any atom is 0.181 e. The molecule has 4 nitrogen and oxygen atoms in total. The molecule has 0 saturated carbocycles. The van der Waals surface area contributed by atoms with E-state index < -0.39 is 9.84 Å². The standard InChI is InChI=1S/C15H22BrNO3S/c1-2-8-17-14(12-7-9-20-10-12)11-21(18,19)15-6-4-3-5-13(15)16/h3-6,12,14,17H,2,7-11H2,1H3. The SMILES string of the molecule is CCCNC(CS(=O)(=O)c1ccccc1Br)C1CCOC1. The highest BCUT2D eigenvalue weighted by atomic mass is 79.9. The number of hydrogen-bond donors (Lipinski definition) is 1. The van der Waals surface area contributed by atoms with Gasteiger partial charge in [0.05, 0.1) is 17.3 Å². The largest absolute Gasteiger partial charge is 0.381 e. The van der Waals surface area contributed by atoms with E-state index in [0.29, 0.717) is 16.0 Å². The zero-order chi connectivity index (χ0) is 15.3. The molecule has 0 amide bonds. The fraction of sp³-hybridized carbons (Fsp3) is 0.600. The van der Waals surface area contributed by atoms with Gasteiger partial charge in [0.2, 0.25) is 0 Å². The van der Waals surface area contributed by atoms with E-state index in [-0.39, 0.29) is 17.7 Å². The Kier molecular flexibility index (Phi) is 6.22. The first-order valence-electron chi connectivity index (χ1n) is 7.33. The number of rotatable bonds is 7. The first-order valence-corrected chi connectivity index (χ1v) is 9.77. The normalized spacial score (nSPS) is 20.6. The third-order valence-electron chi connectivity index (χ3n) is 3.76. The topological polar surface area (TPSA) is 55.4 Å². The molecule has 1 aromatic carbocycles. The van der Waals surface area contributed by atoms with Gasteiger partial charge in [-0.25, -0.2) is 8.42 Å². The van der Waals surface area contributed by atoms with Crippen LogP contribution in [0.15, 0.2) is 33.6 Å². The first-order chi connectivity index (χ1) is 10.0. The van der Waals surface area contributed by atoms with Crippen LogP contribution in [0, 0.1) is 5.92 Å². The quantitative estimate of drug-likeness (QED) is 0.795. The van der Waals surface area contributed by atoms with E-state index in [1.54, 1.807) is 18.2 Å². The summed E-state index contributed by atoms with van der Waals surface area (Å²) in [4.78, 5) is 0.368. The molecule has 0 aliphatic carbocycles. The molecular formula is C15H22BrNO3S. The lowest BCUT2D eigenvalue weighted by atomic mass is 10.0. The Labute approximate surface area is 135 Å². The molecule has 2 rings (SSSR count). The molecule has 0 radical (unpaired) electrons. The summed E-state index contributed by atoms with van der Waals surface area (Å²) in [7, 11) is -3.32. The number of benzene rings is 1. The molecule has 2 unspecified atom stereocenters. The summed E-state index contributed by atoms with van der Waals surface area (Å²) in [5.41, 5.74) is 0. The second-order valence-corrected chi connectivity index (χ2v) is 8.25. The number of ether oxygens (including phenoxy) is 1. The first kappa shape index (κ1) is 16.9. The van der Waals surface area contributed by atoms with Crippen molar-refractivity contribution in [1.82, 2.24) is 5.32 Å². The van der Waals surface area contributed by atoms with E-state index in [2.05, 4.69) is 28.2 Å². The van der Waals surface area contributed by atoms with Gasteiger partial charge in [-0.3, -0.25) is 0 Å². The van der Waals surface area contributed by atoms with Gasteiger partial charge in [-0.2, -0.15) is 0 Å². The third kappa shape index (κ3) is 4.52. The molecule has 1 heterocycles. The zero-order valence-electron chi connectivity index (χ0n) is 12.2. The zero-order valence-corrected chi connectivity index (χ0v) is 14.6. The lowest BCUT2D eigenvalue weighted by Crippen LogP contribution is -2.42. The van der Waals surface area contributed by atoms with E-state index >= 15 is 0 Å². The highest BCUT2D eigenvalue weighted by Crippen LogP contribution is 2.25. The van der Waals surface area contributed by atoms with E-state index in [0.717, 1.165) is 26.0 Å². The van der Waals surface area contributed by atoms with Crippen molar-refractivity contribution in [3.63, 3.8) is 0 Å². The van der Waals surface area contributed by atoms with Gasteiger partial charge in [0.1, 0.15) is 0 Å². The summed E-state index contributed by atoms with van der Waals surface area (Å²) in [6.45, 7) is 4.28. The van der Waals surface area contributed by atoms with E-state index in [1.165, 1.54) is 0 Å². The van der Waals surface area contributed by atoms with Crippen molar-refractivity contribution in [2.75, 3.05) is 25.5 Å². The molecule has 1 saturated heterocycles. The molecule has 1 aliphatic heterocycles. The smallest absolute Gasteiger partial charge is 0.181 e. The van der Waals surface area contributed by atoms with Crippen LogP contribution in [0.4, 0.5) is 0 Å². The molecule has 21 heavy (non-hydrogen) atoms. The van der Waals surface area contributed by atoms with E-state index in [1.807, 2.05) is 6.07 Å². The lowest BCUT2D eigenvalue weighted by molar-refractivity contribution is 0.178. The number of sulfone groups is 1. The lowest BCUT2D eigenvalue weighted by Gasteiger charge is -2.24. The molecule has 1 aromatic rings. The second kappa shape index (κ2) is 7.72. The van der Waals surface area contributed by atoms with Crippen molar-refractivity contribution in [3.05, 3.63) is 28.7 Å². The predicted octanol–water partition coefficient (Wildman–Crippen LogP) is 2.63. The summed E-state index contributed by atoms with van der Waals surface area (Å²) in [5.74, 6) is 0.387. The monoisotopic (exact) mass is 375 g/mol. The molecule has 2 atom stereocenters.